The number of hydrogen-bond donors (Lipinski definition) is 1. The molecule has 0 unspecified atom stereocenters. The van der Waals surface area contributed by atoms with E-state index in [1.165, 1.54) is 6.42 Å². The maximum absolute atomic E-state index is 12.0. The number of piperidine rings is 1. The number of aromatic amines is 1. The number of benzene rings is 1. The SMILES string of the molecule is O=C(Oc1cc2[nH]ncc2cc1Cl)N1CCCCC1. The molecule has 19 heavy (non-hydrogen) atoms. The van der Waals surface area contributed by atoms with E-state index in [1.54, 1.807) is 23.2 Å². The van der Waals surface area contributed by atoms with Gasteiger partial charge < -0.3 is 9.64 Å². The van der Waals surface area contributed by atoms with Crippen molar-refractivity contribution in [2.45, 2.75) is 19.3 Å². The minimum atomic E-state index is -0.333. The van der Waals surface area contributed by atoms with E-state index in [0.717, 1.165) is 36.8 Å². The van der Waals surface area contributed by atoms with Gasteiger partial charge in [0.15, 0.2) is 5.75 Å². The molecule has 0 spiro atoms. The highest BCUT2D eigenvalue weighted by molar-refractivity contribution is 6.33. The zero-order valence-electron chi connectivity index (χ0n) is 10.4. The van der Waals surface area contributed by atoms with Crippen LogP contribution in [0.4, 0.5) is 4.79 Å². The summed E-state index contributed by atoms with van der Waals surface area (Å²) in [5.41, 5.74) is 0.797. The molecule has 1 aliphatic heterocycles. The summed E-state index contributed by atoms with van der Waals surface area (Å²) in [6.45, 7) is 1.51. The molecular weight excluding hydrogens is 266 g/mol. The van der Waals surface area contributed by atoms with Gasteiger partial charge in [0.2, 0.25) is 0 Å². The van der Waals surface area contributed by atoms with Gasteiger partial charge in [-0.25, -0.2) is 4.79 Å². The van der Waals surface area contributed by atoms with Crippen LogP contribution in [0.25, 0.3) is 10.9 Å². The lowest BCUT2D eigenvalue weighted by Crippen LogP contribution is -2.37. The number of hydrogen-bond acceptors (Lipinski definition) is 3. The Morgan fingerprint density at radius 2 is 2.11 bits per heavy atom. The molecule has 0 atom stereocenters. The van der Waals surface area contributed by atoms with Gasteiger partial charge in [-0.3, -0.25) is 5.10 Å². The Kier molecular flexibility index (Phi) is 3.29. The van der Waals surface area contributed by atoms with Crippen LogP contribution in [0.5, 0.6) is 5.75 Å². The molecule has 5 nitrogen and oxygen atoms in total. The van der Waals surface area contributed by atoms with E-state index in [-0.39, 0.29) is 6.09 Å². The first-order chi connectivity index (χ1) is 9.24. The Morgan fingerprint density at radius 3 is 2.89 bits per heavy atom. The second-order valence-electron chi connectivity index (χ2n) is 4.66. The Morgan fingerprint density at radius 1 is 1.32 bits per heavy atom. The van der Waals surface area contributed by atoms with E-state index in [2.05, 4.69) is 10.2 Å². The molecule has 100 valence electrons. The van der Waals surface area contributed by atoms with Crippen LogP contribution < -0.4 is 4.74 Å². The number of amides is 1. The second-order valence-corrected chi connectivity index (χ2v) is 5.06. The number of ether oxygens (including phenoxy) is 1. The molecule has 1 aromatic heterocycles. The summed E-state index contributed by atoms with van der Waals surface area (Å²) in [5.74, 6) is 0.369. The van der Waals surface area contributed by atoms with Crippen LogP contribution in [-0.2, 0) is 0 Å². The number of likely N-dealkylation sites (tertiary alicyclic amines) is 1. The number of carbonyl (C=O) groups excluding carboxylic acids is 1. The first-order valence-electron chi connectivity index (χ1n) is 6.33. The molecule has 0 saturated carbocycles. The lowest BCUT2D eigenvalue weighted by atomic mass is 10.1. The summed E-state index contributed by atoms with van der Waals surface area (Å²) in [4.78, 5) is 13.7. The van der Waals surface area contributed by atoms with E-state index in [1.807, 2.05) is 0 Å². The fourth-order valence-electron chi connectivity index (χ4n) is 2.26. The molecule has 1 aliphatic rings. The first-order valence-corrected chi connectivity index (χ1v) is 6.71. The van der Waals surface area contributed by atoms with Crippen LogP contribution in [0.1, 0.15) is 19.3 Å². The van der Waals surface area contributed by atoms with Gasteiger partial charge in [-0.2, -0.15) is 5.10 Å². The van der Waals surface area contributed by atoms with Crippen molar-refractivity contribution in [3.05, 3.63) is 23.4 Å². The third-order valence-electron chi connectivity index (χ3n) is 3.30. The standard InChI is InChI=1S/C13H14ClN3O2/c14-10-6-9-8-15-16-11(9)7-12(10)19-13(18)17-4-2-1-3-5-17/h6-8H,1-5H2,(H,15,16). The zero-order chi connectivity index (χ0) is 13.2. The molecular formula is C13H14ClN3O2. The molecule has 2 aromatic rings. The Hall–Kier alpha value is -1.75. The van der Waals surface area contributed by atoms with Crippen molar-refractivity contribution < 1.29 is 9.53 Å². The molecule has 3 rings (SSSR count). The molecule has 1 amide bonds. The quantitative estimate of drug-likeness (QED) is 0.872. The largest absolute Gasteiger partial charge is 0.415 e. The molecule has 1 N–H and O–H groups in total. The average molecular weight is 280 g/mol. The smallest absolute Gasteiger partial charge is 0.409 e. The molecule has 1 saturated heterocycles. The summed E-state index contributed by atoms with van der Waals surface area (Å²) in [5, 5.41) is 8.05. The average Bonchev–Trinajstić information content (AvgIpc) is 2.87. The van der Waals surface area contributed by atoms with Crippen molar-refractivity contribution in [2.24, 2.45) is 0 Å². The molecule has 1 aromatic carbocycles. The maximum atomic E-state index is 12.0. The van der Waals surface area contributed by atoms with Crippen LogP contribution >= 0.6 is 11.6 Å². The lowest BCUT2D eigenvalue weighted by molar-refractivity contribution is 0.142. The van der Waals surface area contributed by atoms with Crippen molar-refractivity contribution in [1.82, 2.24) is 15.1 Å². The van der Waals surface area contributed by atoms with E-state index < -0.39 is 0 Å². The van der Waals surface area contributed by atoms with Crippen molar-refractivity contribution in [3.8, 4) is 5.75 Å². The topological polar surface area (TPSA) is 58.2 Å². The normalized spacial score (nSPS) is 15.7. The van der Waals surface area contributed by atoms with Gasteiger partial charge >= 0.3 is 6.09 Å². The lowest BCUT2D eigenvalue weighted by Gasteiger charge is -2.25. The number of halogens is 1. The number of H-pyrrole nitrogens is 1. The number of nitrogens with one attached hydrogen (secondary N) is 1. The summed E-state index contributed by atoms with van der Waals surface area (Å²) in [7, 11) is 0. The van der Waals surface area contributed by atoms with Crippen LogP contribution in [-0.4, -0.2) is 34.3 Å². The van der Waals surface area contributed by atoms with Gasteiger partial charge in [-0.1, -0.05) is 11.6 Å². The minimum absolute atomic E-state index is 0.333. The van der Waals surface area contributed by atoms with Crippen LogP contribution in [0.2, 0.25) is 5.02 Å². The van der Waals surface area contributed by atoms with Gasteiger partial charge in [-0.15, -0.1) is 0 Å². The van der Waals surface area contributed by atoms with Gasteiger partial charge in [-0.05, 0) is 25.3 Å². The van der Waals surface area contributed by atoms with Crippen LogP contribution in [0.15, 0.2) is 18.3 Å². The highest BCUT2D eigenvalue weighted by Crippen LogP contribution is 2.29. The molecule has 6 heteroatoms. The summed E-state index contributed by atoms with van der Waals surface area (Å²) >= 11 is 6.11. The van der Waals surface area contributed by atoms with Gasteiger partial charge in [0.25, 0.3) is 0 Å². The minimum Gasteiger partial charge on any atom is -0.409 e. The predicted molar refractivity (Wildman–Crippen MR) is 72.6 cm³/mol. The Bertz CT molecular complexity index is 605. The highest BCUT2D eigenvalue weighted by atomic mass is 35.5. The first kappa shape index (κ1) is 12.3. The van der Waals surface area contributed by atoms with Gasteiger partial charge in [0.1, 0.15) is 0 Å². The third-order valence-corrected chi connectivity index (χ3v) is 3.60. The van der Waals surface area contributed by atoms with E-state index in [4.69, 9.17) is 16.3 Å². The van der Waals surface area contributed by atoms with Crippen LogP contribution in [0, 0.1) is 0 Å². The van der Waals surface area contributed by atoms with Crippen molar-refractivity contribution in [1.29, 1.82) is 0 Å². The third kappa shape index (κ3) is 2.51. The van der Waals surface area contributed by atoms with Crippen molar-refractivity contribution >= 4 is 28.6 Å². The second kappa shape index (κ2) is 5.09. The Balaban J connectivity index is 1.79. The highest BCUT2D eigenvalue weighted by Gasteiger charge is 2.19. The van der Waals surface area contributed by atoms with Gasteiger partial charge in [0, 0.05) is 24.5 Å². The molecule has 0 bridgehead atoms. The summed E-state index contributed by atoms with van der Waals surface area (Å²) in [6, 6.07) is 3.44. The van der Waals surface area contributed by atoms with E-state index in [0.29, 0.717) is 10.8 Å². The fraction of sp³-hybridized carbons (Fsp3) is 0.385. The summed E-state index contributed by atoms with van der Waals surface area (Å²) in [6.07, 6.45) is 4.58. The van der Waals surface area contributed by atoms with Crippen LogP contribution in [0.3, 0.4) is 0 Å². The van der Waals surface area contributed by atoms with Crippen molar-refractivity contribution in [3.63, 3.8) is 0 Å². The van der Waals surface area contributed by atoms with E-state index >= 15 is 0 Å². The Labute approximate surface area is 115 Å². The summed E-state index contributed by atoms with van der Waals surface area (Å²) < 4.78 is 5.37. The predicted octanol–water partition coefficient (Wildman–Crippen LogP) is 3.20. The number of fused-ring (bicyclic) bond motifs is 1. The molecule has 1 fully saturated rings. The maximum Gasteiger partial charge on any atom is 0.415 e. The molecule has 0 aliphatic carbocycles. The van der Waals surface area contributed by atoms with Gasteiger partial charge in [0.05, 0.1) is 16.7 Å². The molecule has 0 radical (unpaired) electrons. The number of rotatable bonds is 1. The number of nitrogens with zero attached hydrogens (tertiary/aromatic N) is 2. The fourth-order valence-corrected chi connectivity index (χ4v) is 2.47. The molecule has 2 heterocycles. The monoisotopic (exact) mass is 279 g/mol. The van der Waals surface area contributed by atoms with E-state index in [9.17, 15) is 4.79 Å². The van der Waals surface area contributed by atoms with Crippen molar-refractivity contribution in [2.75, 3.05) is 13.1 Å². The zero-order valence-corrected chi connectivity index (χ0v) is 11.1. The number of carbonyl (C=O) groups is 1. The number of aromatic nitrogens is 2.